The second kappa shape index (κ2) is 5.51. The van der Waals surface area contributed by atoms with Gasteiger partial charge in [0.25, 0.3) is 0 Å². The fraction of sp³-hybridized carbons (Fsp3) is 0.188. The number of anilines is 1. The van der Waals surface area contributed by atoms with Gasteiger partial charge in [-0.25, -0.2) is 18.7 Å². The first kappa shape index (κ1) is 14.0. The van der Waals surface area contributed by atoms with E-state index in [2.05, 4.69) is 20.3 Å². The fourth-order valence-electron chi connectivity index (χ4n) is 2.44. The Morgan fingerprint density at radius 3 is 2.70 bits per heavy atom. The highest BCUT2D eigenvalue weighted by molar-refractivity contribution is 5.85. The maximum atomic E-state index is 14.7. The number of hydrogen-bond donors (Lipinski definition) is 1. The molecule has 23 heavy (non-hydrogen) atoms. The lowest BCUT2D eigenvalue weighted by Crippen LogP contribution is -2.40. The molecule has 0 aliphatic carbocycles. The summed E-state index contributed by atoms with van der Waals surface area (Å²) in [4.78, 5) is 12.1. The van der Waals surface area contributed by atoms with E-state index >= 15 is 0 Å². The topological polar surface area (TPSA) is 59.9 Å². The normalized spacial score (nSPS) is 14.7. The highest BCUT2D eigenvalue weighted by atomic mass is 19.1. The van der Waals surface area contributed by atoms with E-state index in [0.29, 0.717) is 24.7 Å². The van der Waals surface area contributed by atoms with Crippen LogP contribution in [-0.2, 0) is 4.74 Å². The van der Waals surface area contributed by atoms with Crippen molar-refractivity contribution in [2.24, 2.45) is 0 Å². The molecule has 1 N–H and O–H groups in total. The Morgan fingerprint density at radius 1 is 1.09 bits per heavy atom. The smallest absolute Gasteiger partial charge is 0.223 e. The number of ether oxygens (including phenoxy) is 1. The zero-order valence-corrected chi connectivity index (χ0v) is 12.0. The number of benzene rings is 1. The predicted molar refractivity (Wildman–Crippen MR) is 80.9 cm³/mol. The molecule has 7 heteroatoms. The molecule has 0 bridgehead atoms. The van der Waals surface area contributed by atoms with Gasteiger partial charge in [0.1, 0.15) is 11.6 Å². The summed E-state index contributed by atoms with van der Waals surface area (Å²) in [5.41, 5.74) is 0.778. The molecule has 116 valence electrons. The minimum Gasteiger partial charge on any atom is -0.377 e. The van der Waals surface area contributed by atoms with Crippen molar-refractivity contribution in [3.63, 3.8) is 0 Å². The van der Waals surface area contributed by atoms with Crippen LogP contribution in [0.5, 0.6) is 0 Å². The van der Waals surface area contributed by atoms with Gasteiger partial charge in [-0.1, -0.05) is 0 Å². The second-order valence-corrected chi connectivity index (χ2v) is 5.29. The van der Waals surface area contributed by atoms with Gasteiger partial charge in [-0.05, 0) is 18.2 Å². The van der Waals surface area contributed by atoms with Crippen molar-refractivity contribution < 1.29 is 13.5 Å². The molecule has 1 aromatic carbocycles. The Hall–Kier alpha value is -2.67. The highest BCUT2D eigenvalue weighted by Crippen LogP contribution is 2.29. The monoisotopic (exact) mass is 314 g/mol. The Bertz CT molecular complexity index is 883. The number of aromatic nitrogens is 3. The molecule has 4 rings (SSSR count). The van der Waals surface area contributed by atoms with E-state index in [1.54, 1.807) is 6.07 Å². The summed E-state index contributed by atoms with van der Waals surface area (Å²) >= 11 is 0. The lowest BCUT2D eigenvalue weighted by atomic mass is 10.0. The molecule has 0 radical (unpaired) electrons. The van der Waals surface area contributed by atoms with E-state index in [9.17, 15) is 8.78 Å². The van der Waals surface area contributed by atoms with Crippen LogP contribution in [0.4, 0.5) is 14.7 Å². The van der Waals surface area contributed by atoms with Gasteiger partial charge < -0.3 is 10.1 Å². The van der Waals surface area contributed by atoms with E-state index in [1.807, 2.05) is 0 Å². The van der Waals surface area contributed by atoms with Gasteiger partial charge in [-0.3, -0.25) is 4.98 Å². The highest BCUT2D eigenvalue weighted by Gasteiger charge is 2.19. The van der Waals surface area contributed by atoms with Crippen LogP contribution in [0.25, 0.3) is 22.0 Å². The van der Waals surface area contributed by atoms with Crippen molar-refractivity contribution in [1.82, 2.24) is 15.0 Å². The number of nitrogens with one attached hydrogen (secondary N) is 1. The number of rotatable bonds is 3. The van der Waals surface area contributed by atoms with Gasteiger partial charge in [-0.2, -0.15) is 0 Å². The Labute approximate surface area is 130 Å². The largest absolute Gasteiger partial charge is 0.377 e. The zero-order valence-electron chi connectivity index (χ0n) is 12.0. The summed E-state index contributed by atoms with van der Waals surface area (Å²) in [6.45, 7) is 1.21. The van der Waals surface area contributed by atoms with Crippen molar-refractivity contribution in [3.05, 3.63) is 48.4 Å². The van der Waals surface area contributed by atoms with Crippen LogP contribution >= 0.6 is 0 Å². The Morgan fingerprint density at radius 2 is 1.96 bits per heavy atom. The first-order chi connectivity index (χ1) is 11.2. The molecule has 1 aliphatic heterocycles. The van der Waals surface area contributed by atoms with Gasteiger partial charge in [0.05, 0.1) is 36.4 Å². The summed E-state index contributed by atoms with van der Waals surface area (Å²) in [6, 6.07) is 4.78. The molecule has 0 amide bonds. The van der Waals surface area contributed by atoms with Crippen LogP contribution in [-0.4, -0.2) is 34.2 Å². The summed E-state index contributed by atoms with van der Waals surface area (Å²) in [6.07, 6.45) is 3.89. The van der Waals surface area contributed by atoms with Crippen LogP contribution in [0, 0.1) is 11.6 Å². The third-order valence-electron chi connectivity index (χ3n) is 3.73. The van der Waals surface area contributed by atoms with Gasteiger partial charge in [0, 0.05) is 23.5 Å². The van der Waals surface area contributed by atoms with E-state index in [4.69, 9.17) is 4.74 Å². The average molecular weight is 314 g/mol. The van der Waals surface area contributed by atoms with Crippen LogP contribution in [0.3, 0.4) is 0 Å². The molecule has 1 saturated heterocycles. The summed E-state index contributed by atoms with van der Waals surface area (Å²) < 4.78 is 33.6. The number of nitrogens with zero attached hydrogens (tertiary/aromatic N) is 3. The molecule has 3 aromatic rings. The van der Waals surface area contributed by atoms with Crippen molar-refractivity contribution in [2.45, 2.75) is 6.04 Å². The number of halogens is 2. The standard InChI is InChI=1S/C16H12F2N4O/c17-13-6-19-4-3-10(13)11-1-2-14-12(15(11)18)5-20-16(22-14)21-9-7-23-8-9/h1-6,9H,7-8H2,(H,20,21,22). The molecule has 2 aromatic heterocycles. The van der Waals surface area contributed by atoms with E-state index in [1.165, 1.54) is 24.5 Å². The molecule has 1 aliphatic rings. The summed E-state index contributed by atoms with van der Waals surface area (Å²) in [7, 11) is 0. The quantitative estimate of drug-likeness (QED) is 0.805. The van der Waals surface area contributed by atoms with Gasteiger partial charge in [0.2, 0.25) is 5.95 Å². The van der Waals surface area contributed by atoms with Crippen molar-refractivity contribution in [2.75, 3.05) is 18.5 Å². The number of fused-ring (bicyclic) bond motifs is 1. The third kappa shape index (κ3) is 2.49. The van der Waals surface area contributed by atoms with E-state index in [0.717, 1.165) is 6.20 Å². The van der Waals surface area contributed by atoms with Crippen molar-refractivity contribution in [1.29, 1.82) is 0 Å². The molecular weight excluding hydrogens is 302 g/mol. The molecule has 0 saturated carbocycles. The van der Waals surface area contributed by atoms with Crippen LogP contribution in [0.2, 0.25) is 0 Å². The molecule has 0 atom stereocenters. The lowest BCUT2D eigenvalue weighted by molar-refractivity contribution is 0.0208. The fourth-order valence-corrected chi connectivity index (χ4v) is 2.44. The maximum Gasteiger partial charge on any atom is 0.223 e. The number of hydrogen-bond acceptors (Lipinski definition) is 5. The average Bonchev–Trinajstić information content (AvgIpc) is 2.52. The molecule has 0 spiro atoms. The maximum absolute atomic E-state index is 14.7. The van der Waals surface area contributed by atoms with E-state index < -0.39 is 11.6 Å². The Kier molecular flexibility index (Phi) is 3.34. The first-order valence-corrected chi connectivity index (χ1v) is 7.12. The molecule has 3 heterocycles. The van der Waals surface area contributed by atoms with Gasteiger partial charge in [-0.15, -0.1) is 0 Å². The molecule has 5 nitrogen and oxygen atoms in total. The van der Waals surface area contributed by atoms with Crippen molar-refractivity contribution in [3.8, 4) is 11.1 Å². The number of pyridine rings is 1. The van der Waals surface area contributed by atoms with Gasteiger partial charge >= 0.3 is 0 Å². The van der Waals surface area contributed by atoms with Crippen LogP contribution in [0.1, 0.15) is 0 Å². The molecule has 1 fully saturated rings. The van der Waals surface area contributed by atoms with Crippen LogP contribution < -0.4 is 5.32 Å². The summed E-state index contributed by atoms with van der Waals surface area (Å²) in [5.74, 6) is -0.700. The van der Waals surface area contributed by atoms with E-state index in [-0.39, 0.29) is 22.6 Å². The van der Waals surface area contributed by atoms with Gasteiger partial charge in [0.15, 0.2) is 0 Å². The molecular formula is C16H12F2N4O. The minimum atomic E-state index is -0.574. The first-order valence-electron chi connectivity index (χ1n) is 7.12. The Balaban J connectivity index is 1.76. The summed E-state index contributed by atoms with van der Waals surface area (Å²) in [5, 5.41) is 3.35. The minimum absolute atomic E-state index is 0.160. The van der Waals surface area contributed by atoms with Crippen molar-refractivity contribution >= 4 is 16.9 Å². The lowest BCUT2D eigenvalue weighted by Gasteiger charge is -2.26. The molecule has 0 unspecified atom stereocenters. The second-order valence-electron chi connectivity index (χ2n) is 5.29. The third-order valence-corrected chi connectivity index (χ3v) is 3.73. The van der Waals surface area contributed by atoms with Crippen LogP contribution in [0.15, 0.2) is 36.8 Å². The zero-order chi connectivity index (χ0) is 15.8. The SMILES string of the molecule is Fc1cnccc1-c1ccc2nc(NC3COC3)ncc2c1F. The predicted octanol–water partition coefficient (Wildman–Crippen LogP) is 2.78.